The van der Waals surface area contributed by atoms with E-state index in [0.29, 0.717) is 6.54 Å². The van der Waals surface area contributed by atoms with E-state index >= 15 is 0 Å². The van der Waals surface area contributed by atoms with E-state index in [1.54, 1.807) is 0 Å². The van der Waals surface area contributed by atoms with Crippen molar-refractivity contribution in [1.29, 1.82) is 0 Å². The molecular weight excluding hydrogens is 208 g/mol. The standard InChI is InChI=1S/C8H16.C7H9N.H3N/c1-2-4-6-8-7-5-3-1;8-6-7-4-2-1-3-5-7;/h1-8H2;1-5H,6,8H2;1H3. The van der Waals surface area contributed by atoms with E-state index in [4.69, 9.17) is 5.73 Å². The van der Waals surface area contributed by atoms with Gasteiger partial charge in [0.15, 0.2) is 0 Å². The highest BCUT2D eigenvalue weighted by molar-refractivity contribution is 5.13. The van der Waals surface area contributed by atoms with Crippen molar-refractivity contribution in [2.75, 3.05) is 0 Å². The lowest BCUT2D eigenvalue weighted by molar-refractivity contribution is 0.504. The van der Waals surface area contributed by atoms with E-state index < -0.39 is 0 Å². The zero-order valence-electron chi connectivity index (χ0n) is 11.0. The first-order valence-electron chi connectivity index (χ1n) is 6.67. The van der Waals surface area contributed by atoms with Crippen molar-refractivity contribution in [1.82, 2.24) is 6.15 Å². The molecule has 0 aromatic heterocycles. The Balaban J connectivity index is 0.000000284. The summed E-state index contributed by atoms with van der Waals surface area (Å²) in [5.74, 6) is 0. The minimum Gasteiger partial charge on any atom is -0.344 e. The monoisotopic (exact) mass is 236 g/mol. The predicted octanol–water partition coefficient (Wildman–Crippen LogP) is 4.43. The van der Waals surface area contributed by atoms with E-state index in [1.165, 1.54) is 56.9 Å². The minimum atomic E-state index is 0. The summed E-state index contributed by atoms with van der Waals surface area (Å²) in [4.78, 5) is 0. The second kappa shape index (κ2) is 11.6. The molecule has 2 nitrogen and oxygen atoms in total. The van der Waals surface area contributed by atoms with E-state index in [0.717, 1.165) is 0 Å². The molecule has 98 valence electrons. The Kier molecular flexibility index (Phi) is 11.0. The number of nitrogens with two attached hydrogens (primary N) is 1. The van der Waals surface area contributed by atoms with Crippen molar-refractivity contribution in [2.45, 2.75) is 57.9 Å². The molecule has 1 aliphatic rings. The van der Waals surface area contributed by atoms with Gasteiger partial charge in [-0.25, -0.2) is 0 Å². The summed E-state index contributed by atoms with van der Waals surface area (Å²) < 4.78 is 0. The molecule has 5 N–H and O–H groups in total. The van der Waals surface area contributed by atoms with Gasteiger partial charge in [-0.15, -0.1) is 0 Å². The molecule has 0 heterocycles. The van der Waals surface area contributed by atoms with Gasteiger partial charge in [-0.2, -0.15) is 0 Å². The maximum atomic E-state index is 5.35. The summed E-state index contributed by atoms with van der Waals surface area (Å²) in [6, 6.07) is 9.99. The summed E-state index contributed by atoms with van der Waals surface area (Å²) in [6.07, 6.45) is 12.0. The van der Waals surface area contributed by atoms with Gasteiger partial charge >= 0.3 is 0 Å². The SMILES string of the molecule is C1CCCCCCC1.N.NCc1ccccc1. The van der Waals surface area contributed by atoms with Gasteiger partial charge in [-0.1, -0.05) is 81.7 Å². The van der Waals surface area contributed by atoms with Crippen LogP contribution >= 0.6 is 0 Å². The van der Waals surface area contributed by atoms with E-state index in [9.17, 15) is 0 Å². The molecule has 0 radical (unpaired) electrons. The van der Waals surface area contributed by atoms with Gasteiger partial charge < -0.3 is 11.9 Å². The maximum absolute atomic E-state index is 5.35. The summed E-state index contributed by atoms with van der Waals surface area (Å²) >= 11 is 0. The summed E-state index contributed by atoms with van der Waals surface area (Å²) in [5, 5.41) is 0. The first-order valence-corrected chi connectivity index (χ1v) is 6.67. The quantitative estimate of drug-likeness (QED) is 0.757. The molecule has 2 heteroatoms. The van der Waals surface area contributed by atoms with Crippen LogP contribution in [0.5, 0.6) is 0 Å². The fourth-order valence-electron chi connectivity index (χ4n) is 2.03. The van der Waals surface area contributed by atoms with Crippen LogP contribution in [0.15, 0.2) is 30.3 Å². The molecule has 0 amide bonds. The zero-order chi connectivity index (χ0) is 11.5. The molecule has 0 saturated heterocycles. The molecule has 0 bridgehead atoms. The van der Waals surface area contributed by atoms with E-state index in [-0.39, 0.29) is 6.15 Å². The highest BCUT2D eigenvalue weighted by Crippen LogP contribution is 2.15. The molecule has 1 aromatic carbocycles. The van der Waals surface area contributed by atoms with Crippen LogP contribution in [0, 0.1) is 0 Å². The first kappa shape index (κ1) is 16.1. The van der Waals surface area contributed by atoms with Gasteiger partial charge in [-0.3, -0.25) is 0 Å². The molecule has 0 spiro atoms. The van der Waals surface area contributed by atoms with Gasteiger partial charge in [0.2, 0.25) is 0 Å². The minimum absolute atomic E-state index is 0. The highest BCUT2D eigenvalue weighted by atomic mass is 14.5. The van der Waals surface area contributed by atoms with Crippen molar-refractivity contribution in [3.8, 4) is 0 Å². The van der Waals surface area contributed by atoms with Crippen LogP contribution in [0.25, 0.3) is 0 Å². The molecule has 1 fully saturated rings. The third-order valence-electron chi connectivity index (χ3n) is 3.08. The predicted molar refractivity (Wildman–Crippen MR) is 76.3 cm³/mol. The second-order valence-corrected chi connectivity index (χ2v) is 4.52. The van der Waals surface area contributed by atoms with Gasteiger partial charge in [0.25, 0.3) is 0 Å². The average Bonchev–Trinajstić information content (AvgIpc) is 2.30. The van der Waals surface area contributed by atoms with Gasteiger partial charge in [-0.05, 0) is 5.56 Å². The number of rotatable bonds is 1. The molecule has 2 rings (SSSR count). The van der Waals surface area contributed by atoms with Crippen LogP contribution in [0.3, 0.4) is 0 Å². The first-order chi connectivity index (χ1) is 7.93. The summed E-state index contributed by atoms with van der Waals surface area (Å²) in [5.41, 5.74) is 6.54. The Bertz CT molecular complexity index is 222. The smallest absolute Gasteiger partial charge is 0.0178 e. The van der Waals surface area contributed by atoms with Crippen LogP contribution < -0.4 is 11.9 Å². The second-order valence-electron chi connectivity index (χ2n) is 4.52. The average molecular weight is 236 g/mol. The Morgan fingerprint density at radius 1 is 0.706 bits per heavy atom. The lowest BCUT2D eigenvalue weighted by Crippen LogP contribution is -1.94. The topological polar surface area (TPSA) is 61.0 Å². The van der Waals surface area contributed by atoms with E-state index in [2.05, 4.69) is 0 Å². The van der Waals surface area contributed by atoms with Crippen LogP contribution in [0.2, 0.25) is 0 Å². The van der Waals surface area contributed by atoms with Crippen molar-refractivity contribution >= 4 is 0 Å². The highest BCUT2D eigenvalue weighted by Gasteiger charge is 1.95. The van der Waals surface area contributed by atoms with Gasteiger partial charge in [0.05, 0.1) is 0 Å². The number of hydrogen-bond donors (Lipinski definition) is 2. The largest absolute Gasteiger partial charge is 0.344 e. The normalized spacial score (nSPS) is 15.6. The molecule has 1 saturated carbocycles. The lowest BCUT2D eigenvalue weighted by atomic mass is 10.0. The fourth-order valence-corrected chi connectivity index (χ4v) is 2.03. The molecule has 0 unspecified atom stereocenters. The van der Waals surface area contributed by atoms with Crippen LogP contribution in [-0.2, 0) is 6.54 Å². The third kappa shape index (κ3) is 8.90. The maximum Gasteiger partial charge on any atom is 0.0178 e. The summed E-state index contributed by atoms with van der Waals surface area (Å²) in [7, 11) is 0. The molecule has 1 aromatic rings. The zero-order valence-corrected chi connectivity index (χ0v) is 11.0. The Labute approximate surface area is 106 Å². The van der Waals surface area contributed by atoms with Crippen molar-refractivity contribution in [3.63, 3.8) is 0 Å². The molecule has 0 atom stereocenters. The third-order valence-corrected chi connectivity index (χ3v) is 3.08. The molecule has 0 aliphatic heterocycles. The van der Waals surface area contributed by atoms with Crippen molar-refractivity contribution < 1.29 is 0 Å². The molecular formula is C15H28N2. The molecule has 17 heavy (non-hydrogen) atoms. The summed E-state index contributed by atoms with van der Waals surface area (Å²) in [6.45, 7) is 0.640. The van der Waals surface area contributed by atoms with Crippen LogP contribution in [0.1, 0.15) is 56.9 Å². The Morgan fingerprint density at radius 2 is 1.06 bits per heavy atom. The van der Waals surface area contributed by atoms with Crippen molar-refractivity contribution in [3.05, 3.63) is 35.9 Å². The van der Waals surface area contributed by atoms with Crippen LogP contribution in [0.4, 0.5) is 0 Å². The lowest BCUT2D eigenvalue weighted by Gasteiger charge is -2.05. The number of benzene rings is 1. The van der Waals surface area contributed by atoms with Gasteiger partial charge in [0, 0.05) is 6.54 Å². The number of hydrogen-bond acceptors (Lipinski definition) is 2. The Morgan fingerprint density at radius 3 is 1.29 bits per heavy atom. The van der Waals surface area contributed by atoms with Crippen LogP contribution in [-0.4, -0.2) is 0 Å². The fraction of sp³-hybridized carbons (Fsp3) is 0.600. The van der Waals surface area contributed by atoms with Crippen molar-refractivity contribution in [2.24, 2.45) is 5.73 Å². The molecule has 1 aliphatic carbocycles. The van der Waals surface area contributed by atoms with E-state index in [1.807, 2.05) is 30.3 Å². The van der Waals surface area contributed by atoms with Gasteiger partial charge in [0.1, 0.15) is 0 Å². The Hall–Kier alpha value is -0.860.